The smallest absolute Gasteiger partial charge is 0.182 e. The van der Waals surface area contributed by atoms with Gasteiger partial charge in [0.25, 0.3) is 0 Å². The number of ketones is 1. The van der Waals surface area contributed by atoms with Gasteiger partial charge in [0.15, 0.2) is 5.78 Å². The van der Waals surface area contributed by atoms with Gasteiger partial charge >= 0.3 is 0 Å². The highest BCUT2D eigenvalue weighted by molar-refractivity contribution is 6.38. The molecule has 4 heteroatoms. The molecule has 0 bridgehead atoms. The molecule has 0 radical (unpaired) electrons. The van der Waals surface area contributed by atoms with Crippen LogP contribution in [0, 0.1) is 0 Å². The number of carbonyl (C=O) groups is 1. The Morgan fingerprint density at radius 2 is 2.14 bits per heavy atom. The van der Waals surface area contributed by atoms with E-state index >= 15 is 0 Å². The lowest BCUT2D eigenvalue weighted by molar-refractivity contribution is 0.0991. The first-order valence-electron chi connectivity index (χ1n) is 4.08. The van der Waals surface area contributed by atoms with Crippen molar-refractivity contribution in [2.24, 2.45) is 0 Å². The Hall–Kier alpha value is -0.730. The van der Waals surface area contributed by atoms with Crippen molar-refractivity contribution in [3.63, 3.8) is 0 Å². The summed E-state index contributed by atoms with van der Waals surface area (Å²) in [5.41, 5.74) is 0.397. The Labute approximate surface area is 92.8 Å². The first-order chi connectivity index (χ1) is 6.56. The van der Waals surface area contributed by atoms with E-state index in [0.29, 0.717) is 16.3 Å². The molecule has 0 heterocycles. The zero-order chi connectivity index (χ0) is 10.7. The van der Waals surface area contributed by atoms with E-state index in [1.165, 1.54) is 7.11 Å². The fourth-order valence-corrected chi connectivity index (χ4v) is 1.36. The summed E-state index contributed by atoms with van der Waals surface area (Å²) in [7, 11) is 1.53. The summed E-state index contributed by atoms with van der Waals surface area (Å²) in [6.45, 7) is 1.61. The summed E-state index contributed by atoms with van der Waals surface area (Å²) >= 11 is 11.5. The number of halogens is 2. The van der Waals surface area contributed by atoms with Crippen LogP contribution in [0.3, 0.4) is 0 Å². The minimum Gasteiger partial charge on any atom is -0.497 e. The average Bonchev–Trinajstić information content (AvgIpc) is 2.17. The van der Waals surface area contributed by atoms with Crippen molar-refractivity contribution < 1.29 is 9.53 Å². The molecule has 0 N–H and O–H groups in total. The van der Waals surface area contributed by atoms with Gasteiger partial charge in [-0.25, -0.2) is 0 Å². The maximum absolute atomic E-state index is 11.6. The van der Waals surface area contributed by atoms with Gasteiger partial charge in [0, 0.05) is 5.56 Å². The number of rotatable bonds is 3. The van der Waals surface area contributed by atoms with E-state index in [-0.39, 0.29) is 5.78 Å². The number of benzene rings is 1. The minimum absolute atomic E-state index is 0.199. The van der Waals surface area contributed by atoms with Crippen LogP contribution in [0.1, 0.15) is 17.3 Å². The molecule has 2 nitrogen and oxygen atoms in total. The molecule has 1 rings (SSSR count). The van der Waals surface area contributed by atoms with Gasteiger partial charge in [-0.05, 0) is 25.1 Å². The summed E-state index contributed by atoms with van der Waals surface area (Å²) in [6.07, 6.45) is 0. The van der Waals surface area contributed by atoms with Gasteiger partial charge in [-0.2, -0.15) is 0 Å². The summed E-state index contributed by atoms with van der Waals surface area (Å²) in [5, 5.41) is -0.192. The SMILES string of the molecule is COc1ccc(Cl)c(C(=O)C(C)Cl)c1. The number of ether oxygens (including phenoxy) is 1. The van der Waals surface area contributed by atoms with Crippen LogP contribution in [-0.2, 0) is 0 Å². The second-order valence-corrected chi connectivity index (χ2v) is 3.89. The predicted octanol–water partition coefficient (Wildman–Crippen LogP) is 3.16. The average molecular weight is 233 g/mol. The van der Waals surface area contributed by atoms with Crippen molar-refractivity contribution in [2.45, 2.75) is 12.3 Å². The van der Waals surface area contributed by atoms with Crippen molar-refractivity contribution in [3.05, 3.63) is 28.8 Å². The maximum Gasteiger partial charge on any atom is 0.182 e. The van der Waals surface area contributed by atoms with E-state index in [1.807, 2.05) is 0 Å². The lowest BCUT2D eigenvalue weighted by atomic mass is 10.1. The van der Waals surface area contributed by atoms with Gasteiger partial charge in [-0.3, -0.25) is 4.79 Å². The molecule has 1 unspecified atom stereocenters. The first-order valence-corrected chi connectivity index (χ1v) is 4.89. The number of Topliss-reactive ketones (excluding diaryl/α,β-unsaturated/α-hetero) is 1. The van der Waals surface area contributed by atoms with E-state index in [2.05, 4.69) is 0 Å². The summed E-state index contributed by atoms with van der Waals surface area (Å²) in [6, 6.07) is 4.90. The van der Waals surface area contributed by atoms with E-state index in [1.54, 1.807) is 25.1 Å². The summed E-state index contributed by atoms with van der Waals surface area (Å²) in [5.74, 6) is 0.394. The van der Waals surface area contributed by atoms with Crippen LogP contribution >= 0.6 is 23.2 Å². The molecule has 0 aromatic heterocycles. The van der Waals surface area contributed by atoms with Crippen LogP contribution in [0.2, 0.25) is 5.02 Å². The van der Waals surface area contributed by atoms with Crippen molar-refractivity contribution in [3.8, 4) is 5.75 Å². The zero-order valence-electron chi connectivity index (χ0n) is 7.88. The fourth-order valence-electron chi connectivity index (χ4n) is 1.03. The molecule has 14 heavy (non-hydrogen) atoms. The Kier molecular flexibility index (Phi) is 3.78. The van der Waals surface area contributed by atoms with Gasteiger partial charge < -0.3 is 4.74 Å². The molecule has 0 fully saturated rings. The van der Waals surface area contributed by atoms with Crippen LogP contribution in [0.15, 0.2) is 18.2 Å². The quantitative estimate of drug-likeness (QED) is 0.592. The molecule has 0 aliphatic rings. The van der Waals surface area contributed by atoms with E-state index in [0.717, 1.165) is 0 Å². The normalized spacial score (nSPS) is 12.3. The van der Waals surface area contributed by atoms with Crippen molar-refractivity contribution >= 4 is 29.0 Å². The second-order valence-electron chi connectivity index (χ2n) is 2.83. The van der Waals surface area contributed by atoms with Gasteiger partial charge in [0.05, 0.1) is 17.5 Å². The molecule has 1 aromatic carbocycles. The molecule has 76 valence electrons. The maximum atomic E-state index is 11.6. The Balaban J connectivity index is 3.12. The van der Waals surface area contributed by atoms with Crippen molar-refractivity contribution in [2.75, 3.05) is 7.11 Å². The van der Waals surface area contributed by atoms with E-state index in [9.17, 15) is 4.79 Å². The van der Waals surface area contributed by atoms with Crippen LogP contribution < -0.4 is 4.74 Å². The fraction of sp³-hybridized carbons (Fsp3) is 0.300. The molecule has 0 aliphatic heterocycles. The van der Waals surface area contributed by atoms with Crippen LogP contribution in [0.25, 0.3) is 0 Å². The number of methoxy groups -OCH3 is 1. The lowest BCUT2D eigenvalue weighted by Crippen LogP contribution is -2.11. The van der Waals surface area contributed by atoms with Crippen LogP contribution in [0.4, 0.5) is 0 Å². The van der Waals surface area contributed by atoms with Gasteiger partial charge in [-0.1, -0.05) is 11.6 Å². The summed E-state index contributed by atoms with van der Waals surface area (Å²) in [4.78, 5) is 11.6. The molecular formula is C10H10Cl2O2. The third-order valence-electron chi connectivity index (χ3n) is 1.80. The highest BCUT2D eigenvalue weighted by Gasteiger charge is 2.16. The molecule has 0 spiro atoms. The predicted molar refractivity (Wildman–Crippen MR) is 57.6 cm³/mol. The highest BCUT2D eigenvalue weighted by Crippen LogP contribution is 2.24. The molecule has 0 amide bonds. The summed E-state index contributed by atoms with van der Waals surface area (Å²) < 4.78 is 4.99. The minimum atomic E-state index is -0.584. The van der Waals surface area contributed by atoms with Gasteiger partial charge in [0.2, 0.25) is 0 Å². The van der Waals surface area contributed by atoms with Crippen molar-refractivity contribution in [1.82, 2.24) is 0 Å². The Bertz CT molecular complexity index is 348. The molecule has 0 aliphatic carbocycles. The van der Waals surface area contributed by atoms with Crippen LogP contribution in [-0.4, -0.2) is 18.3 Å². The molecule has 0 saturated heterocycles. The molecule has 0 saturated carbocycles. The standard InChI is InChI=1S/C10H10Cl2O2/c1-6(11)10(13)8-5-7(14-2)3-4-9(8)12/h3-6H,1-2H3. The van der Waals surface area contributed by atoms with Gasteiger partial charge in [0.1, 0.15) is 5.75 Å². The largest absolute Gasteiger partial charge is 0.497 e. The second kappa shape index (κ2) is 4.67. The van der Waals surface area contributed by atoms with E-state index in [4.69, 9.17) is 27.9 Å². The molecule has 1 aromatic rings. The zero-order valence-corrected chi connectivity index (χ0v) is 9.39. The number of hydrogen-bond acceptors (Lipinski definition) is 2. The molecular weight excluding hydrogens is 223 g/mol. The third-order valence-corrected chi connectivity index (χ3v) is 2.33. The number of carbonyl (C=O) groups excluding carboxylic acids is 1. The Morgan fingerprint density at radius 1 is 1.50 bits per heavy atom. The third kappa shape index (κ3) is 2.40. The van der Waals surface area contributed by atoms with E-state index < -0.39 is 5.38 Å². The Morgan fingerprint density at radius 3 is 2.64 bits per heavy atom. The number of hydrogen-bond donors (Lipinski definition) is 0. The number of alkyl halides is 1. The topological polar surface area (TPSA) is 26.3 Å². The van der Waals surface area contributed by atoms with Crippen LogP contribution in [0.5, 0.6) is 5.75 Å². The van der Waals surface area contributed by atoms with Gasteiger partial charge in [-0.15, -0.1) is 11.6 Å². The van der Waals surface area contributed by atoms with Crippen molar-refractivity contribution in [1.29, 1.82) is 0 Å². The molecule has 1 atom stereocenters. The first kappa shape index (κ1) is 11.3. The monoisotopic (exact) mass is 232 g/mol. The lowest BCUT2D eigenvalue weighted by Gasteiger charge is -2.07. The highest BCUT2D eigenvalue weighted by atomic mass is 35.5.